The molecule has 0 aliphatic carbocycles. The summed E-state index contributed by atoms with van der Waals surface area (Å²) in [6.45, 7) is 10.8. The molecule has 3 unspecified atom stereocenters. The molecule has 2 heterocycles. The van der Waals surface area contributed by atoms with Gasteiger partial charge in [0, 0.05) is 12.1 Å². The van der Waals surface area contributed by atoms with Crippen LogP contribution in [0.5, 0.6) is 0 Å². The zero-order valence-corrected chi connectivity index (χ0v) is 31.6. The minimum Gasteiger partial charge on any atom is -0.455 e. The van der Waals surface area contributed by atoms with Crippen LogP contribution in [0.3, 0.4) is 0 Å². The van der Waals surface area contributed by atoms with E-state index in [9.17, 15) is 24.8 Å². The Labute approximate surface area is 308 Å². The van der Waals surface area contributed by atoms with Gasteiger partial charge in [0.15, 0.2) is 8.24 Å². The molecule has 1 aromatic heterocycles. The average Bonchev–Trinajstić information content (AvgIpc) is 3.64. The fourth-order valence-corrected chi connectivity index (χ4v) is 11.5. The van der Waals surface area contributed by atoms with E-state index < -0.39 is 41.3 Å². The number of rotatable bonds is 12. The van der Waals surface area contributed by atoms with Gasteiger partial charge in [-0.3, -0.25) is 14.9 Å². The van der Waals surface area contributed by atoms with E-state index in [-0.39, 0.29) is 34.8 Å². The molecule has 11 heteroatoms. The molecule has 1 aliphatic rings. The zero-order valence-electron chi connectivity index (χ0n) is 29.8. The fraction of sp³-hybridized carbons (Fsp3) is 0.268. The van der Waals surface area contributed by atoms with Crippen LogP contribution < -0.4 is 0 Å². The van der Waals surface area contributed by atoms with Gasteiger partial charge in [-0.2, -0.15) is 0 Å². The Kier molecular flexibility index (Phi) is 10.3. The van der Waals surface area contributed by atoms with Crippen LogP contribution in [0, 0.1) is 16.0 Å². The van der Waals surface area contributed by atoms with E-state index in [0.29, 0.717) is 5.56 Å². The second-order valence-corrected chi connectivity index (χ2v) is 20.9. The zero-order chi connectivity index (χ0) is 37.3. The molecule has 0 saturated carbocycles. The largest absolute Gasteiger partial charge is 0.455 e. The van der Waals surface area contributed by atoms with Crippen LogP contribution in [0.15, 0.2) is 132 Å². The highest BCUT2D eigenvalue weighted by Crippen LogP contribution is 2.58. The van der Waals surface area contributed by atoms with Crippen LogP contribution in [0.1, 0.15) is 65.4 Å². The van der Waals surface area contributed by atoms with Gasteiger partial charge < -0.3 is 18.8 Å². The highest BCUT2D eigenvalue weighted by Gasteiger charge is 2.62. The Bertz CT molecular complexity index is 1930. The van der Waals surface area contributed by atoms with Gasteiger partial charge in [0.2, 0.25) is 11.7 Å². The quantitative estimate of drug-likeness (QED) is 0.0336. The van der Waals surface area contributed by atoms with Crippen molar-refractivity contribution in [1.82, 2.24) is 4.57 Å². The van der Waals surface area contributed by atoms with Crippen molar-refractivity contribution in [3.8, 4) is 0 Å². The molecule has 6 rings (SSSR count). The number of benzene rings is 4. The molecule has 1 saturated heterocycles. The molecule has 1 amide bonds. The number of hydrogen-bond acceptors (Lipinski definition) is 8. The number of β-lactam (4-membered cyclic amide) rings is 1. The van der Waals surface area contributed by atoms with Crippen LogP contribution in [-0.4, -0.2) is 40.1 Å². The number of nitro benzene ring substituents is 1. The minimum absolute atomic E-state index is 0.0672. The van der Waals surface area contributed by atoms with Crippen molar-refractivity contribution in [2.45, 2.75) is 61.7 Å². The van der Waals surface area contributed by atoms with Crippen LogP contribution >= 0.6 is 11.8 Å². The lowest BCUT2D eigenvalue weighted by Crippen LogP contribution is -2.73. The molecule has 268 valence electrons. The Morgan fingerprint density at radius 1 is 0.865 bits per heavy atom. The fourth-order valence-electron chi connectivity index (χ4n) is 6.49. The van der Waals surface area contributed by atoms with Gasteiger partial charge in [-0.15, -0.1) is 11.8 Å². The van der Waals surface area contributed by atoms with E-state index in [1.165, 1.54) is 36.4 Å². The average molecular weight is 735 g/mol. The first-order chi connectivity index (χ1) is 24.8. The van der Waals surface area contributed by atoms with Crippen LogP contribution in [0.25, 0.3) is 0 Å². The number of nitrogens with zero attached hydrogens (tertiary/aromatic N) is 2. The van der Waals surface area contributed by atoms with Gasteiger partial charge in [-0.25, -0.2) is 4.79 Å². The van der Waals surface area contributed by atoms with Crippen LogP contribution in [0.2, 0.25) is 18.1 Å². The number of carbonyl (C=O) groups is 2. The monoisotopic (exact) mass is 734 g/mol. The van der Waals surface area contributed by atoms with E-state index in [1.807, 2.05) is 59.2 Å². The third-order valence-corrected chi connectivity index (χ3v) is 17.7. The number of amides is 1. The number of hydrogen-bond donors (Lipinski definition) is 1. The summed E-state index contributed by atoms with van der Waals surface area (Å²) in [5.74, 6) is -1.82. The van der Waals surface area contributed by atoms with E-state index in [1.54, 1.807) is 11.8 Å². The molecule has 1 fully saturated rings. The van der Waals surface area contributed by atoms with Crippen LogP contribution in [0.4, 0.5) is 5.69 Å². The van der Waals surface area contributed by atoms with E-state index in [2.05, 4.69) is 70.3 Å². The summed E-state index contributed by atoms with van der Waals surface area (Å²) in [5.41, 5.74) is 3.61. The molecule has 0 bridgehead atoms. The lowest BCUT2D eigenvalue weighted by Gasteiger charge is -2.60. The van der Waals surface area contributed by atoms with Crippen molar-refractivity contribution < 1.29 is 28.8 Å². The number of furan rings is 1. The molecule has 5 aromatic rings. The van der Waals surface area contributed by atoms with Crippen molar-refractivity contribution in [1.29, 1.82) is 0 Å². The van der Waals surface area contributed by atoms with Gasteiger partial charge in [0.05, 0.1) is 21.0 Å². The molecule has 4 aromatic carbocycles. The van der Waals surface area contributed by atoms with Crippen LogP contribution in [-0.2, 0) is 20.9 Å². The SMILES string of the molecule is CC(C)(C)[Si](C)(C)N1C(=O)C(C(O)c2ccc(C(=O)OCc3ccc([N+](=O)[O-])cc3)o2)C1SC(c1ccccc1)(c1ccccc1)c1ccccc1. The molecule has 3 atom stereocenters. The van der Waals surface area contributed by atoms with Gasteiger partial charge in [0.1, 0.15) is 18.5 Å². The normalized spacial score (nSPS) is 17.0. The molecule has 0 spiro atoms. The third kappa shape index (κ3) is 6.83. The summed E-state index contributed by atoms with van der Waals surface area (Å²) in [6, 6.07) is 39.4. The van der Waals surface area contributed by atoms with E-state index in [4.69, 9.17) is 9.15 Å². The summed E-state index contributed by atoms with van der Waals surface area (Å²) >= 11 is 1.65. The number of nitro groups is 1. The standard InChI is InChI=1S/C41H42N2O7SSi/c1-40(2,3)52(4,5)42-37(45)35(36(44)33-25-26-34(50-33)39(46)49-27-28-21-23-32(24-22-28)43(47)48)38(42)51-41(29-15-9-6-10-16-29,30-17-11-7-12-18-30)31-19-13-8-14-20-31/h6-26,35-36,38,44H,27H2,1-5H3. The van der Waals surface area contributed by atoms with Gasteiger partial charge in [-0.05, 0) is 51.6 Å². The topological polar surface area (TPSA) is 123 Å². The van der Waals surface area contributed by atoms with Crippen molar-refractivity contribution in [3.63, 3.8) is 0 Å². The van der Waals surface area contributed by atoms with E-state index >= 15 is 0 Å². The molecule has 1 aliphatic heterocycles. The first kappa shape index (κ1) is 36.8. The minimum atomic E-state index is -2.49. The molecule has 0 radical (unpaired) electrons. The summed E-state index contributed by atoms with van der Waals surface area (Å²) in [4.78, 5) is 37.9. The van der Waals surface area contributed by atoms with E-state index in [0.717, 1.165) is 16.7 Å². The molecule has 1 N–H and O–H groups in total. The Morgan fingerprint density at radius 2 is 1.37 bits per heavy atom. The number of esters is 1. The number of aliphatic hydroxyl groups is 1. The predicted molar refractivity (Wildman–Crippen MR) is 204 cm³/mol. The Balaban J connectivity index is 1.36. The summed E-state index contributed by atoms with van der Waals surface area (Å²) in [7, 11) is -2.49. The molecule has 52 heavy (non-hydrogen) atoms. The van der Waals surface area contributed by atoms with Gasteiger partial charge in [-0.1, -0.05) is 125 Å². The smallest absolute Gasteiger partial charge is 0.374 e. The number of aliphatic hydroxyl groups excluding tert-OH is 1. The number of thioether (sulfide) groups is 1. The molecule has 9 nitrogen and oxygen atoms in total. The van der Waals surface area contributed by atoms with Gasteiger partial charge in [0.25, 0.3) is 5.69 Å². The first-order valence-corrected chi connectivity index (χ1v) is 20.9. The molecular formula is C41H42N2O7SSi. The molecular weight excluding hydrogens is 693 g/mol. The Hall–Kier alpha value is -4.97. The summed E-state index contributed by atoms with van der Waals surface area (Å²) < 4.78 is 12.6. The maximum absolute atomic E-state index is 14.5. The highest BCUT2D eigenvalue weighted by molar-refractivity contribution is 8.01. The number of carbonyl (C=O) groups excluding carboxylic acids is 2. The number of ether oxygens (including phenoxy) is 1. The third-order valence-electron chi connectivity index (χ3n) is 10.3. The van der Waals surface area contributed by atoms with Crippen molar-refractivity contribution in [2.24, 2.45) is 5.92 Å². The Morgan fingerprint density at radius 3 is 1.83 bits per heavy atom. The maximum atomic E-state index is 14.5. The number of non-ortho nitro benzene ring substituents is 1. The van der Waals surface area contributed by atoms with Crippen molar-refractivity contribution in [2.75, 3.05) is 0 Å². The second kappa shape index (κ2) is 14.6. The maximum Gasteiger partial charge on any atom is 0.374 e. The summed E-state index contributed by atoms with van der Waals surface area (Å²) in [5, 5.41) is 22.3. The van der Waals surface area contributed by atoms with Gasteiger partial charge >= 0.3 is 5.97 Å². The second-order valence-electron chi connectivity index (χ2n) is 14.5. The highest BCUT2D eigenvalue weighted by atomic mass is 32.2. The van der Waals surface area contributed by atoms with Crippen molar-refractivity contribution >= 4 is 37.6 Å². The lowest BCUT2D eigenvalue weighted by molar-refractivity contribution is -0.384. The predicted octanol–water partition coefficient (Wildman–Crippen LogP) is 9.09. The lowest BCUT2D eigenvalue weighted by atomic mass is 9.84. The summed E-state index contributed by atoms with van der Waals surface area (Å²) in [6.07, 6.45) is -1.35. The first-order valence-electron chi connectivity index (χ1n) is 17.1. The van der Waals surface area contributed by atoms with Crippen molar-refractivity contribution in [3.05, 3.63) is 171 Å².